The third-order valence-corrected chi connectivity index (χ3v) is 5.14. The summed E-state index contributed by atoms with van der Waals surface area (Å²) in [5.41, 5.74) is 3.60. The van der Waals surface area contributed by atoms with Crippen molar-refractivity contribution in [1.29, 1.82) is 5.41 Å². The fourth-order valence-electron chi connectivity index (χ4n) is 2.34. The molecule has 1 aliphatic rings. The van der Waals surface area contributed by atoms with Crippen LogP contribution in [0.5, 0.6) is 0 Å². The molecule has 1 fully saturated rings. The molecule has 0 bridgehead atoms. The molecule has 120 valence electrons. The van der Waals surface area contributed by atoms with Crippen LogP contribution in [-0.2, 0) is 9.31 Å². The van der Waals surface area contributed by atoms with Gasteiger partial charge in [-0.25, -0.2) is 0 Å². The summed E-state index contributed by atoms with van der Waals surface area (Å²) < 4.78 is 12.2. The molecular weight excluding hydrogens is 309 g/mol. The zero-order chi connectivity index (χ0) is 16.7. The molecule has 0 spiro atoms. The molecule has 1 aliphatic heterocycles. The molecule has 1 aromatic carbocycles. The van der Waals surface area contributed by atoms with Crippen LogP contribution in [-0.4, -0.2) is 29.5 Å². The smallest absolute Gasteiger partial charge is 0.399 e. The number of nitrogens with one attached hydrogen (secondary N) is 2. The maximum absolute atomic E-state index is 7.58. The fraction of sp³-hybridized carbons (Fsp3) is 0.375. The van der Waals surface area contributed by atoms with Crippen molar-refractivity contribution in [2.75, 3.05) is 5.32 Å². The molecule has 0 saturated carbocycles. The Morgan fingerprint density at radius 1 is 1.22 bits per heavy atom. The molecule has 0 radical (unpaired) electrons. The van der Waals surface area contributed by atoms with Gasteiger partial charge in [0.2, 0.25) is 0 Å². The van der Waals surface area contributed by atoms with Crippen LogP contribution in [0.1, 0.15) is 33.3 Å². The molecule has 2 N–H and O–H groups in total. The van der Waals surface area contributed by atoms with Crippen LogP contribution in [0.3, 0.4) is 0 Å². The lowest BCUT2D eigenvalue weighted by Crippen LogP contribution is -2.41. The minimum Gasteiger partial charge on any atom is -0.399 e. The predicted octanol–water partition coefficient (Wildman–Crippen LogP) is 3.18. The van der Waals surface area contributed by atoms with Gasteiger partial charge in [-0.3, -0.25) is 4.98 Å². The Bertz CT molecular complexity index is 700. The van der Waals surface area contributed by atoms with E-state index in [4.69, 9.17) is 14.7 Å². The van der Waals surface area contributed by atoms with Gasteiger partial charge in [0.15, 0.2) is 0 Å². The Morgan fingerprint density at radius 3 is 2.48 bits per heavy atom. The lowest BCUT2D eigenvalue weighted by Gasteiger charge is -2.32. The highest BCUT2D eigenvalue weighted by Gasteiger charge is 2.51. The lowest BCUT2D eigenvalue weighted by atomic mass is 9.78. The van der Waals surface area contributed by atoms with Crippen LogP contribution < -0.4 is 10.8 Å². The molecule has 7 heteroatoms. The molecule has 0 unspecified atom stereocenters. The Labute approximate surface area is 140 Å². The molecule has 5 nitrogen and oxygen atoms in total. The van der Waals surface area contributed by atoms with E-state index in [1.54, 1.807) is 11.7 Å². The van der Waals surface area contributed by atoms with E-state index in [-0.39, 0.29) is 11.2 Å². The van der Waals surface area contributed by atoms with E-state index in [2.05, 4.69) is 10.3 Å². The van der Waals surface area contributed by atoms with Crippen LogP contribution in [0.2, 0.25) is 0 Å². The zero-order valence-electron chi connectivity index (χ0n) is 13.7. The largest absolute Gasteiger partial charge is 0.494 e. The Balaban J connectivity index is 1.91. The molecule has 2 aromatic rings. The van der Waals surface area contributed by atoms with Crippen molar-refractivity contribution >= 4 is 40.8 Å². The van der Waals surface area contributed by atoms with Crippen molar-refractivity contribution in [2.45, 2.75) is 38.9 Å². The standard InChI is InChI=1S/C16H20BN3O2S/c1-15(2)16(3,4)22-17(21-15)12-6-5-11(8-18)13(7-12)20-14-9-19-10-23-14/h5-10,18,20H,1-4H3. The minimum absolute atomic E-state index is 0.372. The number of nitrogens with zero attached hydrogens (tertiary/aromatic N) is 1. The summed E-state index contributed by atoms with van der Waals surface area (Å²) in [4.78, 5) is 4.06. The fourth-order valence-corrected chi connectivity index (χ4v) is 2.87. The van der Waals surface area contributed by atoms with E-state index in [1.807, 2.05) is 45.9 Å². The van der Waals surface area contributed by atoms with Gasteiger partial charge < -0.3 is 20.0 Å². The molecule has 0 atom stereocenters. The van der Waals surface area contributed by atoms with Gasteiger partial charge in [0.1, 0.15) is 5.00 Å². The average Bonchev–Trinajstić information content (AvgIpc) is 3.05. The third kappa shape index (κ3) is 3.04. The Morgan fingerprint density at radius 2 is 1.91 bits per heavy atom. The van der Waals surface area contributed by atoms with Gasteiger partial charge in [-0.1, -0.05) is 12.1 Å². The van der Waals surface area contributed by atoms with Gasteiger partial charge in [-0.15, -0.1) is 11.3 Å². The van der Waals surface area contributed by atoms with Gasteiger partial charge in [0, 0.05) is 17.5 Å². The zero-order valence-corrected chi connectivity index (χ0v) is 14.5. The predicted molar refractivity (Wildman–Crippen MR) is 95.4 cm³/mol. The monoisotopic (exact) mass is 329 g/mol. The van der Waals surface area contributed by atoms with Crippen molar-refractivity contribution in [2.24, 2.45) is 0 Å². The van der Waals surface area contributed by atoms with E-state index in [9.17, 15) is 0 Å². The number of hydrogen-bond acceptors (Lipinski definition) is 6. The van der Waals surface area contributed by atoms with Crippen LogP contribution in [0.4, 0.5) is 10.7 Å². The summed E-state index contributed by atoms with van der Waals surface area (Å²) in [5.74, 6) is 0. The first-order valence-electron chi connectivity index (χ1n) is 7.48. The van der Waals surface area contributed by atoms with Gasteiger partial charge in [0.25, 0.3) is 0 Å². The first-order valence-corrected chi connectivity index (χ1v) is 8.36. The number of hydrogen-bond donors (Lipinski definition) is 2. The van der Waals surface area contributed by atoms with E-state index >= 15 is 0 Å². The van der Waals surface area contributed by atoms with E-state index in [1.165, 1.54) is 17.6 Å². The second-order valence-corrected chi connectivity index (χ2v) is 7.46. The van der Waals surface area contributed by atoms with E-state index < -0.39 is 7.12 Å². The molecule has 0 aliphatic carbocycles. The maximum atomic E-state index is 7.58. The number of aromatic nitrogens is 1. The topological polar surface area (TPSA) is 67.2 Å². The molecule has 3 rings (SSSR count). The van der Waals surface area contributed by atoms with Crippen LogP contribution in [0, 0.1) is 5.41 Å². The summed E-state index contributed by atoms with van der Waals surface area (Å²) in [6.07, 6.45) is 3.09. The van der Waals surface area contributed by atoms with E-state index in [0.717, 1.165) is 21.7 Å². The normalized spacial score (nSPS) is 18.9. The minimum atomic E-state index is -0.415. The van der Waals surface area contributed by atoms with Crippen molar-refractivity contribution in [3.05, 3.63) is 35.5 Å². The number of thiazole rings is 1. The highest BCUT2D eigenvalue weighted by molar-refractivity contribution is 7.13. The summed E-state index contributed by atoms with van der Waals surface area (Å²) >= 11 is 1.51. The number of benzene rings is 1. The van der Waals surface area contributed by atoms with Crippen molar-refractivity contribution in [3.8, 4) is 0 Å². The van der Waals surface area contributed by atoms with Crippen LogP contribution in [0.15, 0.2) is 29.9 Å². The third-order valence-electron chi connectivity index (χ3n) is 4.45. The average molecular weight is 329 g/mol. The second-order valence-electron chi connectivity index (χ2n) is 6.57. The summed E-state index contributed by atoms with van der Waals surface area (Å²) in [6.45, 7) is 8.15. The van der Waals surface area contributed by atoms with Gasteiger partial charge in [0.05, 0.1) is 22.9 Å². The highest BCUT2D eigenvalue weighted by Crippen LogP contribution is 2.36. The Kier molecular flexibility index (Phi) is 4.04. The number of anilines is 2. The van der Waals surface area contributed by atoms with E-state index in [0.29, 0.717) is 0 Å². The Hall–Kier alpha value is -1.70. The first kappa shape index (κ1) is 16.2. The summed E-state index contributed by atoms with van der Waals surface area (Å²) in [6, 6.07) is 5.82. The highest BCUT2D eigenvalue weighted by atomic mass is 32.1. The molecular formula is C16H20BN3O2S. The van der Waals surface area contributed by atoms with Crippen molar-refractivity contribution < 1.29 is 9.31 Å². The van der Waals surface area contributed by atoms with Crippen molar-refractivity contribution in [1.82, 2.24) is 4.98 Å². The van der Waals surface area contributed by atoms with Gasteiger partial charge in [-0.2, -0.15) is 0 Å². The van der Waals surface area contributed by atoms with Crippen molar-refractivity contribution in [3.63, 3.8) is 0 Å². The molecule has 1 saturated heterocycles. The second kappa shape index (κ2) is 5.74. The maximum Gasteiger partial charge on any atom is 0.494 e. The van der Waals surface area contributed by atoms with Gasteiger partial charge in [-0.05, 0) is 39.2 Å². The lowest BCUT2D eigenvalue weighted by molar-refractivity contribution is 0.00578. The summed E-state index contributed by atoms with van der Waals surface area (Å²) in [5, 5.41) is 11.8. The van der Waals surface area contributed by atoms with Crippen LogP contribution in [0.25, 0.3) is 0 Å². The molecule has 1 aromatic heterocycles. The van der Waals surface area contributed by atoms with Gasteiger partial charge >= 0.3 is 7.12 Å². The summed E-state index contributed by atoms with van der Waals surface area (Å²) in [7, 11) is -0.415. The molecule has 2 heterocycles. The number of rotatable bonds is 4. The molecule has 23 heavy (non-hydrogen) atoms. The SMILES string of the molecule is CC1(C)OB(c2ccc(C=N)c(Nc3cncs3)c2)OC1(C)C. The molecule has 0 amide bonds. The first-order chi connectivity index (χ1) is 10.8. The van der Waals surface area contributed by atoms with Crippen LogP contribution >= 0.6 is 11.3 Å². The quantitative estimate of drug-likeness (QED) is 0.668.